The molecule has 2 heterocycles. The topological polar surface area (TPSA) is 69.7 Å². The van der Waals surface area contributed by atoms with Crippen LogP contribution in [0.4, 0.5) is 4.79 Å². The zero-order chi connectivity index (χ0) is 17.1. The van der Waals surface area contributed by atoms with Crippen LogP contribution in [0.1, 0.15) is 25.3 Å². The second-order valence-electron chi connectivity index (χ2n) is 6.68. The maximum atomic E-state index is 12.5. The summed E-state index contributed by atoms with van der Waals surface area (Å²) in [6.45, 7) is 3.42. The highest BCUT2D eigenvalue weighted by Gasteiger charge is 2.39. The standard InChI is InChI=1S/C18H23N3O3/c1-13-7-9-20(10-8-13)16(22)12-21-17(23)15(19-18(21)24)11-14-5-3-2-4-6-14/h2-6,13,15H,7-12H2,1H3,(H,19,24)/t15-/m0/s1. The largest absolute Gasteiger partial charge is 0.341 e. The second-order valence-corrected chi connectivity index (χ2v) is 6.68. The summed E-state index contributed by atoms with van der Waals surface area (Å²) in [5.74, 6) is 0.161. The lowest BCUT2D eigenvalue weighted by Crippen LogP contribution is -2.46. The van der Waals surface area contributed by atoms with Gasteiger partial charge in [0.2, 0.25) is 5.91 Å². The zero-order valence-corrected chi connectivity index (χ0v) is 13.9. The van der Waals surface area contributed by atoms with Crippen LogP contribution in [0, 0.1) is 5.92 Å². The summed E-state index contributed by atoms with van der Waals surface area (Å²) in [6, 6.07) is 8.48. The first-order valence-electron chi connectivity index (χ1n) is 8.48. The molecule has 0 aliphatic carbocycles. The average Bonchev–Trinajstić information content (AvgIpc) is 2.84. The molecule has 4 amide bonds. The molecule has 128 valence electrons. The molecule has 3 rings (SSSR count). The summed E-state index contributed by atoms with van der Waals surface area (Å²) in [6.07, 6.45) is 2.39. The third-order valence-electron chi connectivity index (χ3n) is 4.82. The first-order chi connectivity index (χ1) is 11.5. The molecule has 1 N–H and O–H groups in total. The minimum atomic E-state index is -0.589. The van der Waals surface area contributed by atoms with E-state index in [0.29, 0.717) is 25.4 Å². The Morgan fingerprint density at radius 1 is 1.17 bits per heavy atom. The molecule has 0 radical (unpaired) electrons. The Balaban J connectivity index is 1.59. The molecule has 0 bridgehead atoms. The minimum Gasteiger partial charge on any atom is -0.341 e. The molecule has 6 heteroatoms. The van der Waals surface area contributed by atoms with Gasteiger partial charge < -0.3 is 10.2 Å². The first kappa shape index (κ1) is 16.5. The minimum absolute atomic E-state index is 0.147. The molecular formula is C18H23N3O3. The second kappa shape index (κ2) is 7.03. The number of nitrogens with one attached hydrogen (secondary N) is 1. The molecule has 6 nitrogen and oxygen atoms in total. The van der Waals surface area contributed by atoms with Gasteiger partial charge in [-0.15, -0.1) is 0 Å². The molecule has 0 spiro atoms. The highest BCUT2D eigenvalue weighted by molar-refractivity contribution is 6.06. The van der Waals surface area contributed by atoms with E-state index < -0.39 is 12.1 Å². The van der Waals surface area contributed by atoms with E-state index in [1.807, 2.05) is 30.3 Å². The lowest BCUT2D eigenvalue weighted by molar-refractivity contribution is -0.138. The van der Waals surface area contributed by atoms with Gasteiger partial charge in [-0.25, -0.2) is 4.79 Å². The van der Waals surface area contributed by atoms with Crippen LogP contribution in [0.3, 0.4) is 0 Å². The van der Waals surface area contributed by atoms with Crippen molar-refractivity contribution < 1.29 is 14.4 Å². The van der Waals surface area contributed by atoms with Crippen molar-refractivity contribution in [3.8, 4) is 0 Å². The number of likely N-dealkylation sites (tertiary alicyclic amines) is 1. The molecule has 0 unspecified atom stereocenters. The number of imide groups is 1. The predicted molar refractivity (Wildman–Crippen MR) is 89.2 cm³/mol. The molecule has 0 saturated carbocycles. The fraction of sp³-hybridized carbons (Fsp3) is 0.500. The van der Waals surface area contributed by atoms with Gasteiger partial charge in [0.15, 0.2) is 0 Å². The Hall–Kier alpha value is -2.37. The number of nitrogens with zero attached hydrogens (tertiary/aromatic N) is 2. The zero-order valence-electron chi connectivity index (χ0n) is 13.9. The fourth-order valence-corrected chi connectivity index (χ4v) is 3.21. The Morgan fingerprint density at radius 3 is 2.50 bits per heavy atom. The maximum Gasteiger partial charge on any atom is 0.325 e. The molecule has 1 atom stereocenters. The van der Waals surface area contributed by atoms with Gasteiger partial charge in [-0.2, -0.15) is 0 Å². The molecular weight excluding hydrogens is 306 g/mol. The van der Waals surface area contributed by atoms with Crippen molar-refractivity contribution in [3.05, 3.63) is 35.9 Å². The Labute approximate surface area is 141 Å². The normalized spacial score (nSPS) is 22.0. The molecule has 24 heavy (non-hydrogen) atoms. The van der Waals surface area contributed by atoms with E-state index in [9.17, 15) is 14.4 Å². The van der Waals surface area contributed by atoms with E-state index >= 15 is 0 Å². The van der Waals surface area contributed by atoms with Crippen LogP contribution in [0.15, 0.2) is 30.3 Å². The average molecular weight is 329 g/mol. The Bertz CT molecular complexity index is 624. The third-order valence-corrected chi connectivity index (χ3v) is 4.82. The summed E-state index contributed by atoms with van der Waals surface area (Å²) < 4.78 is 0. The van der Waals surface area contributed by atoms with Gasteiger partial charge in [0.1, 0.15) is 12.6 Å². The quantitative estimate of drug-likeness (QED) is 0.849. The van der Waals surface area contributed by atoms with Crippen LogP contribution >= 0.6 is 0 Å². The van der Waals surface area contributed by atoms with Crippen molar-refractivity contribution in [2.24, 2.45) is 5.92 Å². The molecule has 0 aromatic heterocycles. The summed E-state index contributed by atoms with van der Waals surface area (Å²) in [7, 11) is 0. The van der Waals surface area contributed by atoms with Crippen LogP contribution in [0.2, 0.25) is 0 Å². The van der Waals surface area contributed by atoms with Crippen molar-refractivity contribution in [1.82, 2.24) is 15.1 Å². The summed E-state index contributed by atoms with van der Waals surface area (Å²) in [5, 5.41) is 2.68. The highest BCUT2D eigenvalue weighted by atomic mass is 16.2. The lowest BCUT2D eigenvalue weighted by Gasteiger charge is -2.31. The van der Waals surface area contributed by atoms with Gasteiger partial charge in [0.25, 0.3) is 5.91 Å². The first-order valence-corrected chi connectivity index (χ1v) is 8.48. The van der Waals surface area contributed by atoms with Crippen LogP contribution < -0.4 is 5.32 Å². The smallest absolute Gasteiger partial charge is 0.325 e. The number of piperidine rings is 1. The number of hydrogen-bond acceptors (Lipinski definition) is 3. The van der Waals surface area contributed by atoms with E-state index in [4.69, 9.17) is 0 Å². The van der Waals surface area contributed by atoms with Gasteiger partial charge in [0, 0.05) is 19.5 Å². The van der Waals surface area contributed by atoms with Gasteiger partial charge in [-0.1, -0.05) is 37.3 Å². The predicted octanol–water partition coefficient (Wildman–Crippen LogP) is 1.41. The van der Waals surface area contributed by atoms with Gasteiger partial charge in [0.05, 0.1) is 0 Å². The van der Waals surface area contributed by atoms with Crippen LogP contribution in [0.25, 0.3) is 0 Å². The highest BCUT2D eigenvalue weighted by Crippen LogP contribution is 2.17. The maximum absolute atomic E-state index is 12.5. The van der Waals surface area contributed by atoms with Crippen molar-refractivity contribution in [2.75, 3.05) is 19.6 Å². The van der Waals surface area contributed by atoms with E-state index in [1.54, 1.807) is 4.90 Å². The fourth-order valence-electron chi connectivity index (χ4n) is 3.21. The number of amides is 4. The van der Waals surface area contributed by atoms with Gasteiger partial charge >= 0.3 is 6.03 Å². The number of carbonyl (C=O) groups excluding carboxylic acids is 3. The van der Waals surface area contributed by atoms with Crippen molar-refractivity contribution >= 4 is 17.8 Å². The van der Waals surface area contributed by atoms with Gasteiger partial charge in [-0.05, 0) is 24.3 Å². The van der Waals surface area contributed by atoms with Crippen molar-refractivity contribution in [3.63, 3.8) is 0 Å². The van der Waals surface area contributed by atoms with Crippen molar-refractivity contribution in [1.29, 1.82) is 0 Å². The summed E-state index contributed by atoms with van der Waals surface area (Å²) >= 11 is 0. The number of hydrogen-bond donors (Lipinski definition) is 1. The van der Waals surface area contributed by atoms with E-state index in [0.717, 1.165) is 23.3 Å². The molecule has 2 aliphatic heterocycles. The van der Waals surface area contributed by atoms with E-state index in [1.165, 1.54) is 0 Å². The monoisotopic (exact) mass is 329 g/mol. The number of benzene rings is 1. The number of rotatable bonds is 4. The lowest BCUT2D eigenvalue weighted by atomic mass is 9.99. The molecule has 2 fully saturated rings. The van der Waals surface area contributed by atoms with E-state index in [-0.39, 0.29) is 18.4 Å². The third kappa shape index (κ3) is 3.58. The summed E-state index contributed by atoms with van der Waals surface area (Å²) in [4.78, 5) is 39.7. The molecule has 2 saturated heterocycles. The number of urea groups is 1. The molecule has 2 aliphatic rings. The molecule has 1 aromatic rings. The summed E-state index contributed by atoms with van der Waals surface area (Å²) in [5.41, 5.74) is 0.981. The van der Waals surface area contributed by atoms with Gasteiger partial charge in [-0.3, -0.25) is 14.5 Å². The van der Waals surface area contributed by atoms with E-state index in [2.05, 4.69) is 12.2 Å². The Morgan fingerprint density at radius 2 is 1.83 bits per heavy atom. The van der Waals surface area contributed by atoms with Crippen molar-refractivity contribution in [2.45, 2.75) is 32.2 Å². The van der Waals surface area contributed by atoms with Crippen LogP contribution in [-0.2, 0) is 16.0 Å². The SMILES string of the molecule is CC1CCN(C(=O)CN2C(=O)N[C@@H](Cc3ccccc3)C2=O)CC1. The number of carbonyl (C=O) groups is 3. The van der Waals surface area contributed by atoms with Crippen LogP contribution in [0.5, 0.6) is 0 Å². The van der Waals surface area contributed by atoms with Crippen LogP contribution in [-0.4, -0.2) is 53.3 Å². The Kier molecular flexibility index (Phi) is 4.83. The molecule has 1 aromatic carbocycles.